The summed E-state index contributed by atoms with van der Waals surface area (Å²) in [5, 5.41) is 1.76. The lowest BCUT2D eigenvalue weighted by Gasteiger charge is -2.28. The molecule has 4 heterocycles. The number of hydrogen-bond donors (Lipinski definition) is 0. The Morgan fingerprint density at radius 3 is 2.56 bits per heavy atom. The van der Waals surface area contributed by atoms with Gasteiger partial charge in [-0.05, 0) is 18.2 Å². The topological polar surface area (TPSA) is 76.3 Å². The van der Waals surface area contributed by atoms with E-state index in [1.165, 1.54) is 0 Å². The Bertz CT molecular complexity index is 1370. The van der Waals surface area contributed by atoms with Crippen molar-refractivity contribution in [2.24, 2.45) is 7.05 Å². The number of nitrogens with zero attached hydrogens (tertiary/aromatic N) is 3. The van der Waals surface area contributed by atoms with E-state index in [0.29, 0.717) is 48.4 Å². The quantitative estimate of drug-likeness (QED) is 0.282. The van der Waals surface area contributed by atoms with Crippen LogP contribution in [0.4, 0.5) is 0 Å². The molecule has 2 saturated heterocycles. The lowest BCUT2D eigenvalue weighted by molar-refractivity contribution is 0.0771. The van der Waals surface area contributed by atoms with E-state index in [0.717, 1.165) is 33.5 Å². The van der Waals surface area contributed by atoms with Crippen LogP contribution < -0.4 is 0 Å². The fraction of sp³-hybridized carbons (Fsp3) is 0.320. The second-order valence-corrected chi connectivity index (χ2v) is 10.8. The molecule has 176 valence electrons. The first-order valence-corrected chi connectivity index (χ1v) is 13.2. The van der Waals surface area contributed by atoms with E-state index in [-0.39, 0.29) is 0 Å². The zero-order valence-electron chi connectivity index (χ0n) is 18.7. The number of halogens is 1. The molecule has 4 aromatic rings. The number of aromatic nitrogens is 2. The van der Waals surface area contributed by atoms with Crippen LogP contribution in [0, 0.1) is 0 Å². The van der Waals surface area contributed by atoms with Crippen LogP contribution in [-0.4, -0.2) is 49.2 Å². The van der Waals surface area contributed by atoms with Crippen molar-refractivity contribution in [1.82, 2.24) is 14.5 Å². The molecular weight excluding hydrogens is 474 g/mol. The number of para-hydroxylation sites is 1. The molecule has 0 N–H and O–H groups in total. The molecule has 0 amide bonds. The fourth-order valence-corrected chi connectivity index (χ4v) is 5.80. The maximum absolute atomic E-state index is 11.8. The molecule has 0 saturated carbocycles. The van der Waals surface area contributed by atoms with Crippen LogP contribution in [-0.2, 0) is 34.0 Å². The third kappa shape index (κ3) is 3.99. The molecule has 0 spiro atoms. The lowest BCUT2D eigenvalue weighted by atomic mass is 10.1. The van der Waals surface area contributed by atoms with Gasteiger partial charge in [-0.25, -0.2) is 9.88 Å². The van der Waals surface area contributed by atoms with Crippen molar-refractivity contribution >= 4 is 33.3 Å². The summed E-state index contributed by atoms with van der Waals surface area (Å²) >= 11 is 6.13. The highest BCUT2D eigenvalue weighted by molar-refractivity contribution is 7.85. The third-order valence-corrected chi connectivity index (χ3v) is 8.07. The van der Waals surface area contributed by atoms with Crippen LogP contribution in [0.1, 0.15) is 12.2 Å². The van der Waals surface area contributed by atoms with Crippen LogP contribution in [0.25, 0.3) is 33.6 Å². The van der Waals surface area contributed by atoms with Crippen LogP contribution in [0.5, 0.6) is 0 Å². The number of rotatable bonds is 6. The molecule has 0 unspecified atom stereocenters. The Morgan fingerprint density at radius 2 is 1.82 bits per heavy atom. The summed E-state index contributed by atoms with van der Waals surface area (Å²) in [4.78, 5) is 18.0. The molecule has 2 aliphatic heterocycles. The zero-order valence-corrected chi connectivity index (χ0v) is 20.3. The predicted molar refractivity (Wildman–Crippen MR) is 132 cm³/mol. The molecule has 0 bridgehead atoms. The highest BCUT2D eigenvalue weighted by Crippen LogP contribution is 2.41. The standard InChI is InChI=1S/C25H24ClN3O4S/c1-28-16-20(19-4-2-3-5-21(19)28)24-27-23(17-6-8-18(26)9-7-17)22(31-24)10-11-25(32-33-25)29-12-14-34(30)15-13-29/h2-9,16H,10-15H2,1H3. The van der Waals surface area contributed by atoms with E-state index in [2.05, 4.69) is 21.6 Å². The van der Waals surface area contributed by atoms with Crippen molar-refractivity contribution in [3.05, 3.63) is 65.5 Å². The van der Waals surface area contributed by atoms with Crippen LogP contribution in [0.2, 0.25) is 5.02 Å². The van der Waals surface area contributed by atoms with Gasteiger partial charge in [0.05, 0.1) is 5.56 Å². The van der Waals surface area contributed by atoms with Gasteiger partial charge in [0.15, 0.2) is 0 Å². The average molecular weight is 498 g/mol. The molecule has 2 fully saturated rings. The van der Waals surface area contributed by atoms with Crippen LogP contribution in [0.3, 0.4) is 0 Å². The van der Waals surface area contributed by atoms with E-state index < -0.39 is 16.7 Å². The molecule has 2 aromatic carbocycles. The molecule has 0 radical (unpaired) electrons. The Labute approximate surface area is 204 Å². The van der Waals surface area contributed by atoms with Crippen molar-refractivity contribution < 1.29 is 18.4 Å². The van der Waals surface area contributed by atoms with Gasteiger partial charge in [0.2, 0.25) is 5.89 Å². The van der Waals surface area contributed by atoms with E-state index in [9.17, 15) is 4.21 Å². The molecule has 34 heavy (non-hydrogen) atoms. The minimum atomic E-state index is -0.770. The van der Waals surface area contributed by atoms with Crippen molar-refractivity contribution in [1.29, 1.82) is 0 Å². The molecule has 0 aliphatic carbocycles. The van der Waals surface area contributed by atoms with Crippen LogP contribution in [0.15, 0.2) is 59.1 Å². The highest BCUT2D eigenvalue weighted by atomic mass is 35.5. The first-order chi connectivity index (χ1) is 16.5. The fourth-order valence-electron chi connectivity index (χ4n) is 4.63. The molecule has 6 rings (SSSR count). The van der Waals surface area contributed by atoms with Crippen molar-refractivity contribution in [3.63, 3.8) is 0 Å². The third-order valence-electron chi connectivity index (χ3n) is 6.55. The summed E-state index contributed by atoms with van der Waals surface area (Å²) in [6.45, 7) is 1.38. The van der Waals surface area contributed by atoms with Gasteiger partial charge in [0.1, 0.15) is 11.5 Å². The first-order valence-electron chi connectivity index (χ1n) is 11.3. The van der Waals surface area contributed by atoms with Crippen molar-refractivity contribution in [3.8, 4) is 22.7 Å². The molecule has 2 aliphatic rings. The Kier molecular flexibility index (Phi) is 5.58. The number of fused-ring (bicyclic) bond motifs is 1. The van der Waals surface area contributed by atoms with Crippen molar-refractivity contribution in [2.45, 2.75) is 18.8 Å². The Hall–Kier alpha value is -2.49. The predicted octanol–water partition coefficient (Wildman–Crippen LogP) is 4.77. The van der Waals surface area contributed by atoms with Crippen LogP contribution >= 0.6 is 11.6 Å². The van der Waals surface area contributed by atoms with Crippen molar-refractivity contribution in [2.75, 3.05) is 24.6 Å². The monoisotopic (exact) mass is 497 g/mol. The molecule has 9 heteroatoms. The largest absolute Gasteiger partial charge is 0.440 e. The summed E-state index contributed by atoms with van der Waals surface area (Å²) in [6.07, 6.45) is 3.22. The SMILES string of the molecule is Cn1cc(-c2nc(-c3ccc(Cl)cc3)c(CCC3(N4CCS(=O)CC4)OO3)o2)c2ccccc21. The van der Waals surface area contributed by atoms with Gasteiger partial charge < -0.3 is 8.98 Å². The maximum Gasteiger partial charge on any atom is 0.290 e. The minimum absolute atomic E-state index is 0.579. The van der Waals surface area contributed by atoms with Gasteiger partial charge in [0, 0.05) is 83.0 Å². The van der Waals surface area contributed by atoms with Gasteiger partial charge in [-0.3, -0.25) is 4.21 Å². The molecule has 0 atom stereocenters. The molecule has 2 aromatic heterocycles. The normalized spacial score (nSPS) is 18.5. The Balaban J connectivity index is 1.35. The maximum atomic E-state index is 11.8. The van der Waals surface area contributed by atoms with Gasteiger partial charge in [-0.15, -0.1) is 0 Å². The highest BCUT2D eigenvalue weighted by Gasteiger charge is 2.54. The van der Waals surface area contributed by atoms with Gasteiger partial charge in [-0.2, -0.15) is 9.78 Å². The van der Waals surface area contributed by atoms with Gasteiger partial charge >= 0.3 is 0 Å². The lowest BCUT2D eigenvalue weighted by Crippen LogP contribution is -2.46. The van der Waals surface area contributed by atoms with Gasteiger partial charge in [0.25, 0.3) is 5.91 Å². The second kappa shape index (κ2) is 8.62. The summed E-state index contributed by atoms with van der Waals surface area (Å²) in [5.74, 6) is 1.85. The minimum Gasteiger partial charge on any atom is -0.440 e. The summed E-state index contributed by atoms with van der Waals surface area (Å²) in [5.41, 5.74) is 3.79. The summed E-state index contributed by atoms with van der Waals surface area (Å²) < 4.78 is 20.2. The molecule has 7 nitrogen and oxygen atoms in total. The summed E-state index contributed by atoms with van der Waals surface area (Å²) in [7, 11) is 1.26. The van der Waals surface area contributed by atoms with E-state index in [4.69, 9.17) is 30.8 Å². The van der Waals surface area contributed by atoms with E-state index >= 15 is 0 Å². The van der Waals surface area contributed by atoms with Gasteiger partial charge in [-0.1, -0.05) is 41.9 Å². The second-order valence-electron chi connectivity index (χ2n) is 8.68. The average Bonchev–Trinajstić information content (AvgIpc) is 3.41. The molecular formula is C25H24ClN3O4S. The smallest absolute Gasteiger partial charge is 0.290 e. The number of hydrogen-bond acceptors (Lipinski definition) is 6. The number of aryl methyl sites for hydroxylation is 2. The number of benzene rings is 2. The number of oxazole rings is 1. The van der Waals surface area contributed by atoms with E-state index in [1.54, 1.807) is 0 Å². The Morgan fingerprint density at radius 1 is 1.09 bits per heavy atom. The van der Waals surface area contributed by atoms with E-state index in [1.807, 2.05) is 49.6 Å². The summed E-state index contributed by atoms with van der Waals surface area (Å²) in [6, 6.07) is 15.8. The first kappa shape index (κ1) is 22.0. The zero-order chi connectivity index (χ0) is 23.3.